The molecule has 0 heterocycles. The highest BCUT2D eigenvalue weighted by atomic mass is 16.6. The van der Waals surface area contributed by atoms with Gasteiger partial charge in [-0.3, -0.25) is 14.4 Å². The van der Waals surface area contributed by atoms with E-state index in [1.165, 1.54) is 0 Å². The van der Waals surface area contributed by atoms with Crippen molar-refractivity contribution in [2.24, 2.45) is 0 Å². The number of carbonyl (C=O) groups is 3. The molecule has 0 atom stereocenters. The lowest BCUT2D eigenvalue weighted by Gasteiger charge is -2.04. The van der Waals surface area contributed by atoms with Gasteiger partial charge in [-0.05, 0) is 26.3 Å². The molecule has 0 bridgehead atoms. The molecule has 0 aliphatic heterocycles. The number of ether oxygens (including phenoxy) is 3. The van der Waals surface area contributed by atoms with Crippen molar-refractivity contribution in [1.29, 1.82) is 0 Å². The molecule has 140 valence electrons. The highest BCUT2D eigenvalue weighted by Crippen LogP contribution is 1.96. The fourth-order valence-electron chi connectivity index (χ4n) is 1.66. The summed E-state index contributed by atoms with van der Waals surface area (Å²) >= 11 is 0. The van der Waals surface area contributed by atoms with Crippen LogP contribution >= 0.6 is 0 Å². The van der Waals surface area contributed by atoms with E-state index in [9.17, 15) is 14.4 Å². The predicted molar refractivity (Wildman–Crippen MR) is 92.7 cm³/mol. The Bertz CT molecular complexity index is 488. The summed E-state index contributed by atoms with van der Waals surface area (Å²) in [5, 5.41) is 3.01. The van der Waals surface area contributed by atoms with Crippen molar-refractivity contribution in [3.05, 3.63) is 35.9 Å². The van der Waals surface area contributed by atoms with Crippen LogP contribution in [-0.2, 0) is 35.1 Å². The zero-order valence-corrected chi connectivity index (χ0v) is 15.1. The molecule has 0 aromatic heterocycles. The van der Waals surface area contributed by atoms with Crippen LogP contribution in [0.5, 0.6) is 0 Å². The van der Waals surface area contributed by atoms with Gasteiger partial charge in [0.15, 0.2) is 0 Å². The summed E-state index contributed by atoms with van der Waals surface area (Å²) in [5.74, 6) is -1.28. The second-order valence-electron chi connectivity index (χ2n) is 4.68. The second kappa shape index (κ2) is 15.1. The second-order valence-corrected chi connectivity index (χ2v) is 4.68. The summed E-state index contributed by atoms with van der Waals surface area (Å²) in [6.07, 6.45) is -0.290. The Balaban J connectivity index is 0.000000477. The van der Waals surface area contributed by atoms with Gasteiger partial charge in [0.05, 0.1) is 26.4 Å². The van der Waals surface area contributed by atoms with Gasteiger partial charge in [0, 0.05) is 6.54 Å². The largest absolute Gasteiger partial charge is 0.466 e. The molecule has 0 spiro atoms. The number of nitrogens with one attached hydrogen (secondary N) is 1. The number of carbonyl (C=O) groups excluding carboxylic acids is 3. The molecule has 0 aliphatic carbocycles. The molecule has 0 saturated heterocycles. The minimum absolute atomic E-state index is 0.205. The van der Waals surface area contributed by atoms with E-state index in [1.54, 1.807) is 20.8 Å². The number of rotatable bonds is 9. The van der Waals surface area contributed by atoms with Gasteiger partial charge in [-0.25, -0.2) is 0 Å². The number of hydrogen-bond acceptors (Lipinski definition) is 7. The van der Waals surface area contributed by atoms with E-state index < -0.39 is 11.9 Å². The summed E-state index contributed by atoms with van der Waals surface area (Å²) in [6, 6.07) is 9.94. The van der Waals surface area contributed by atoms with Crippen LogP contribution in [0.3, 0.4) is 0 Å². The van der Waals surface area contributed by atoms with Crippen molar-refractivity contribution in [3.63, 3.8) is 0 Å². The summed E-state index contributed by atoms with van der Waals surface area (Å²) < 4.78 is 13.8. The quantitative estimate of drug-likeness (QED) is 0.411. The lowest BCUT2D eigenvalue weighted by atomic mass is 10.2. The van der Waals surface area contributed by atoms with Crippen molar-refractivity contribution in [1.82, 2.24) is 5.32 Å². The third kappa shape index (κ3) is 13.7. The average Bonchev–Trinajstić information content (AvgIpc) is 2.57. The molecule has 0 amide bonds. The third-order valence-corrected chi connectivity index (χ3v) is 2.65. The summed E-state index contributed by atoms with van der Waals surface area (Å²) in [4.78, 5) is 32.2. The average molecular weight is 353 g/mol. The van der Waals surface area contributed by atoms with Crippen LogP contribution in [0.1, 0.15) is 32.8 Å². The summed E-state index contributed by atoms with van der Waals surface area (Å²) in [5.41, 5.74) is 1.16. The van der Waals surface area contributed by atoms with Crippen LogP contribution < -0.4 is 5.32 Å². The van der Waals surface area contributed by atoms with Crippen molar-refractivity contribution < 1.29 is 28.6 Å². The van der Waals surface area contributed by atoms with E-state index >= 15 is 0 Å². The Morgan fingerprint density at radius 1 is 0.800 bits per heavy atom. The third-order valence-electron chi connectivity index (χ3n) is 2.65. The van der Waals surface area contributed by atoms with E-state index in [1.807, 2.05) is 30.3 Å². The van der Waals surface area contributed by atoms with Gasteiger partial charge < -0.3 is 19.5 Å². The first kappa shape index (κ1) is 22.6. The van der Waals surface area contributed by atoms with Crippen LogP contribution in [0.15, 0.2) is 30.3 Å². The van der Waals surface area contributed by atoms with Crippen molar-refractivity contribution >= 4 is 17.9 Å². The molecule has 0 unspecified atom stereocenters. The molecule has 25 heavy (non-hydrogen) atoms. The highest BCUT2D eigenvalue weighted by Gasteiger charge is 2.09. The highest BCUT2D eigenvalue weighted by molar-refractivity contribution is 5.91. The monoisotopic (exact) mass is 353 g/mol. The van der Waals surface area contributed by atoms with Gasteiger partial charge in [0.2, 0.25) is 0 Å². The lowest BCUT2D eigenvalue weighted by Crippen LogP contribution is -2.24. The normalized spacial score (nSPS) is 9.40. The Morgan fingerprint density at radius 2 is 1.28 bits per heavy atom. The predicted octanol–water partition coefficient (Wildman–Crippen LogP) is 1.84. The van der Waals surface area contributed by atoms with Gasteiger partial charge in [-0.2, -0.15) is 0 Å². The van der Waals surface area contributed by atoms with E-state index in [-0.39, 0.29) is 32.1 Å². The molecule has 1 aromatic rings. The Labute approximate surface area is 148 Å². The fraction of sp³-hybridized carbons (Fsp3) is 0.500. The van der Waals surface area contributed by atoms with Crippen molar-refractivity contribution in [2.45, 2.75) is 33.7 Å². The molecule has 1 rings (SSSR count). The molecule has 7 heteroatoms. The maximum atomic E-state index is 10.9. The zero-order valence-electron chi connectivity index (χ0n) is 15.1. The summed E-state index contributed by atoms with van der Waals surface area (Å²) in [7, 11) is 0. The SMILES string of the molecule is CCOC(=O)CC(=O)OCC.CCOC(=O)CNCc1ccccc1. The van der Waals surface area contributed by atoms with E-state index in [0.717, 1.165) is 5.56 Å². The molecule has 0 fully saturated rings. The standard InChI is InChI=1S/C11H15NO2.C7H12O4/c1-2-14-11(13)9-12-8-10-6-4-3-5-7-10;1-3-10-6(8)5-7(9)11-4-2/h3-7,12H,2,8-9H2,1H3;3-5H2,1-2H3. The first-order chi connectivity index (χ1) is 12.0. The Morgan fingerprint density at radius 3 is 1.76 bits per heavy atom. The molecule has 1 N–H and O–H groups in total. The van der Waals surface area contributed by atoms with E-state index in [0.29, 0.717) is 13.2 Å². The first-order valence-corrected chi connectivity index (χ1v) is 8.24. The minimum Gasteiger partial charge on any atom is -0.466 e. The van der Waals surface area contributed by atoms with Crippen LogP contribution in [0.4, 0.5) is 0 Å². The Hall–Kier alpha value is -2.41. The molecule has 7 nitrogen and oxygen atoms in total. The smallest absolute Gasteiger partial charge is 0.319 e. The molecule has 0 radical (unpaired) electrons. The van der Waals surface area contributed by atoms with Gasteiger partial charge in [0.1, 0.15) is 6.42 Å². The van der Waals surface area contributed by atoms with Gasteiger partial charge in [-0.1, -0.05) is 30.3 Å². The Kier molecular flexibility index (Phi) is 13.7. The lowest BCUT2D eigenvalue weighted by molar-refractivity contribution is -0.154. The maximum Gasteiger partial charge on any atom is 0.319 e. The van der Waals surface area contributed by atoms with Crippen LogP contribution in [0.2, 0.25) is 0 Å². The van der Waals surface area contributed by atoms with Gasteiger partial charge in [-0.15, -0.1) is 0 Å². The van der Waals surface area contributed by atoms with Crippen LogP contribution in [0, 0.1) is 0 Å². The van der Waals surface area contributed by atoms with E-state index in [2.05, 4.69) is 14.8 Å². The molecule has 1 aromatic carbocycles. The van der Waals surface area contributed by atoms with Crippen molar-refractivity contribution in [3.8, 4) is 0 Å². The maximum absolute atomic E-state index is 10.9. The molecular formula is C18H27NO6. The van der Waals surface area contributed by atoms with Gasteiger partial charge >= 0.3 is 17.9 Å². The molecular weight excluding hydrogens is 326 g/mol. The molecule has 0 saturated carbocycles. The van der Waals surface area contributed by atoms with Crippen LogP contribution in [-0.4, -0.2) is 44.3 Å². The molecule has 0 aliphatic rings. The first-order valence-electron chi connectivity index (χ1n) is 8.24. The van der Waals surface area contributed by atoms with Crippen molar-refractivity contribution in [2.75, 3.05) is 26.4 Å². The fourth-order valence-corrected chi connectivity index (χ4v) is 1.66. The van der Waals surface area contributed by atoms with Crippen LogP contribution in [0.25, 0.3) is 0 Å². The minimum atomic E-state index is -0.536. The zero-order chi connectivity index (χ0) is 18.9. The number of benzene rings is 1. The topological polar surface area (TPSA) is 90.9 Å². The van der Waals surface area contributed by atoms with Gasteiger partial charge in [0.25, 0.3) is 0 Å². The summed E-state index contributed by atoms with van der Waals surface area (Å²) in [6.45, 7) is 7.14. The number of hydrogen-bond donors (Lipinski definition) is 1. The van der Waals surface area contributed by atoms with E-state index in [4.69, 9.17) is 4.74 Å². The number of esters is 3.